The van der Waals surface area contributed by atoms with Crippen molar-refractivity contribution >= 4 is 0 Å². The Balaban J connectivity index is 1.76. The Morgan fingerprint density at radius 3 is 2.55 bits per heavy atom. The van der Waals surface area contributed by atoms with Crippen molar-refractivity contribution in [2.45, 2.75) is 57.0 Å². The average molecular weight is 297 g/mol. The maximum Gasteiger partial charge on any atom is 0.221 e. The van der Waals surface area contributed by atoms with Gasteiger partial charge in [0.15, 0.2) is 0 Å². The molecule has 116 valence electrons. The molecule has 0 aliphatic carbocycles. The molecule has 1 aromatic heterocycles. The lowest BCUT2D eigenvalue weighted by Gasteiger charge is -2.41. The number of aryl methyl sites for hydroxylation is 2. The lowest BCUT2D eigenvalue weighted by molar-refractivity contribution is 0.123. The fourth-order valence-electron chi connectivity index (χ4n) is 4.41. The minimum Gasteiger partial charge on any atom is -0.425 e. The first-order valence-corrected chi connectivity index (χ1v) is 8.22. The molecule has 2 unspecified atom stereocenters. The van der Waals surface area contributed by atoms with Crippen LogP contribution in [0.2, 0.25) is 0 Å². The van der Waals surface area contributed by atoms with E-state index in [1.807, 2.05) is 6.92 Å². The van der Waals surface area contributed by atoms with Crippen molar-refractivity contribution in [2.24, 2.45) is 0 Å². The maximum absolute atomic E-state index is 5.85. The zero-order valence-electron chi connectivity index (χ0n) is 13.5. The van der Waals surface area contributed by atoms with E-state index in [1.54, 1.807) is 0 Å². The van der Waals surface area contributed by atoms with Crippen molar-refractivity contribution in [1.29, 1.82) is 0 Å². The Kier molecular flexibility index (Phi) is 3.30. The predicted octanol–water partition coefficient (Wildman–Crippen LogP) is 3.42. The lowest BCUT2D eigenvalue weighted by atomic mass is 9.76. The van der Waals surface area contributed by atoms with Crippen LogP contribution in [0.4, 0.5) is 0 Å². The second kappa shape index (κ2) is 5.20. The molecule has 4 rings (SSSR count). The first-order chi connectivity index (χ1) is 10.6. The van der Waals surface area contributed by atoms with Gasteiger partial charge in [0.25, 0.3) is 0 Å². The zero-order chi connectivity index (χ0) is 15.3. The van der Waals surface area contributed by atoms with Gasteiger partial charge in [0.2, 0.25) is 11.8 Å². The third-order valence-electron chi connectivity index (χ3n) is 5.60. The van der Waals surface area contributed by atoms with Gasteiger partial charge in [0.05, 0.1) is 5.92 Å². The highest BCUT2D eigenvalue weighted by molar-refractivity contribution is 5.29. The monoisotopic (exact) mass is 297 g/mol. The summed E-state index contributed by atoms with van der Waals surface area (Å²) >= 11 is 0. The van der Waals surface area contributed by atoms with Gasteiger partial charge in [-0.25, -0.2) is 0 Å². The smallest absolute Gasteiger partial charge is 0.221 e. The highest BCUT2D eigenvalue weighted by Gasteiger charge is 2.48. The molecule has 1 aromatic carbocycles. The Hall–Kier alpha value is -1.68. The fraction of sp³-hybridized carbons (Fsp3) is 0.556. The molecular weight excluding hydrogens is 274 g/mol. The Bertz CT molecular complexity index is 663. The van der Waals surface area contributed by atoms with Crippen molar-refractivity contribution in [3.8, 4) is 0 Å². The highest BCUT2D eigenvalue weighted by atomic mass is 16.4. The third-order valence-corrected chi connectivity index (χ3v) is 5.60. The molecular formula is C18H23N3O. The minimum atomic E-state index is 0.313. The molecule has 0 amide bonds. The van der Waals surface area contributed by atoms with Crippen molar-refractivity contribution in [3.63, 3.8) is 0 Å². The van der Waals surface area contributed by atoms with E-state index in [0.29, 0.717) is 29.8 Å². The van der Waals surface area contributed by atoms with Crippen LogP contribution < -0.4 is 0 Å². The van der Waals surface area contributed by atoms with Gasteiger partial charge < -0.3 is 4.42 Å². The van der Waals surface area contributed by atoms with Crippen LogP contribution in [-0.2, 0) is 0 Å². The third kappa shape index (κ3) is 2.17. The average Bonchev–Trinajstić information content (AvgIpc) is 3.02. The molecule has 0 N–H and O–H groups in total. The van der Waals surface area contributed by atoms with Crippen molar-refractivity contribution < 1.29 is 4.42 Å². The summed E-state index contributed by atoms with van der Waals surface area (Å²) in [7, 11) is 2.25. The van der Waals surface area contributed by atoms with Crippen LogP contribution in [0.25, 0.3) is 0 Å². The van der Waals surface area contributed by atoms with Crippen molar-refractivity contribution in [2.75, 3.05) is 7.05 Å². The van der Waals surface area contributed by atoms with Crippen LogP contribution in [-0.4, -0.2) is 34.2 Å². The van der Waals surface area contributed by atoms with Gasteiger partial charge in [-0.3, -0.25) is 4.90 Å². The molecule has 2 aliphatic heterocycles. The summed E-state index contributed by atoms with van der Waals surface area (Å²) in [4.78, 5) is 2.54. The summed E-state index contributed by atoms with van der Waals surface area (Å²) in [6.07, 6.45) is 3.70. The first-order valence-electron chi connectivity index (χ1n) is 8.22. The van der Waals surface area contributed by atoms with Gasteiger partial charge in [-0.2, -0.15) is 0 Å². The maximum atomic E-state index is 5.85. The Morgan fingerprint density at radius 1 is 1.09 bits per heavy atom. The summed E-state index contributed by atoms with van der Waals surface area (Å²) in [6.45, 7) is 4.02. The Morgan fingerprint density at radius 2 is 1.86 bits per heavy atom. The summed E-state index contributed by atoms with van der Waals surface area (Å²) in [5.74, 6) is 2.28. The van der Waals surface area contributed by atoms with Crippen molar-refractivity contribution in [3.05, 3.63) is 47.2 Å². The van der Waals surface area contributed by atoms with Crippen LogP contribution in [0, 0.1) is 13.8 Å². The van der Waals surface area contributed by atoms with Crippen LogP contribution in [0.15, 0.2) is 28.7 Å². The number of hydrogen-bond donors (Lipinski definition) is 0. The SMILES string of the molecule is Cc1ccc([C@H]2C[C@H]3CCC(C2c2nnc(C)o2)N3C)cc1. The number of benzene rings is 1. The summed E-state index contributed by atoms with van der Waals surface area (Å²) < 4.78 is 5.85. The number of nitrogens with zero attached hydrogens (tertiary/aromatic N) is 3. The second-order valence-electron chi connectivity index (χ2n) is 6.90. The van der Waals surface area contributed by atoms with E-state index >= 15 is 0 Å². The molecule has 3 heterocycles. The van der Waals surface area contributed by atoms with Gasteiger partial charge >= 0.3 is 0 Å². The molecule has 4 nitrogen and oxygen atoms in total. The molecule has 0 radical (unpaired) electrons. The quantitative estimate of drug-likeness (QED) is 0.852. The largest absolute Gasteiger partial charge is 0.425 e. The fourth-order valence-corrected chi connectivity index (χ4v) is 4.41. The summed E-state index contributed by atoms with van der Waals surface area (Å²) in [5, 5.41) is 8.45. The molecule has 0 saturated carbocycles. The van der Waals surface area contributed by atoms with Gasteiger partial charge in [-0.05, 0) is 44.7 Å². The van der Waals surface area contributed by atoms with Crippen LogP contribution in [0.5, 0.6) is 0 Å². The Labute approximate surface area is 131 Å². The number of rotatable bonds is 2. The van der Waals surface area contributed by atoms with Gasteiger partial charge in [-0.15, -0.1) is 10.2 Å². The predicted molar refractivity (Wildman–Crippen MR) is 84.9 cm³/mol. The topological polar surface area (TPSA) is 42.2 Å². The van der Waals surface area contributed by atoms with Crippen LogP contribution in [0.1, 0.15) is 54.0 Å². The molecule has 2 fully saturated rings. The number of hydrogen-bond acceptors (Lipinski definition) is 4. The highest BCUT2D eigenvalue weighted by Crippen LogP contribution is 2.50. The van der Waals surface area contributed by atoms with E-state index in [-0.39, 0.29) is 0 Å². The van der Waals surface area contributed by atoms with E-state index in [2.05, 4.69) is 53.3 Å². The lowest BCUT2D eigenvalue weighted by Crippen LogP contribution is -2.44. The molecule has 4 atom stereocenters. The number of aromatic nitrogens is 2. The zero-order valence-corrected chi connectivity index (χ0v) is 13.5. The van der Waals surface area contributed by atoms with Gasteiger partial charge in [0, 0.05) is 19.0 Å². The van der Waals surface area contributed by atoms with E-state index in [4.69, 9.17) is 4.42 Å². The standard InChI is InChI=1S/C18H23N3O/c1-11-4-6-13(7-5-11)15-10-14-8-9-16(21(14)3)17(15)18-20-19-12(2)22-18/h4-7,14-17H,8-10H2,1-3H3/t14-,15-,16?,17?/m1/s1. The van der Waals surface area contributed by atoms with Gasteiger partial charge in [0.1, 0.15) is 0 Å². The second-order valence-corrected chi connectivity index (χ2v) is 6.90. The molecule has 4 heteroatoms. The number of piperidine rings is 1. The minimum absolute atomic E-state index is 0.313. The van der Waals surface area contributed by atoms with Crippen molar-refractivity contribution in [1.82, 2.24) is 15.1 Å². The number of fused-ring (bicyclic) bond motifs is 2. The molecule has 2 aliphatic rings. The first kappa shape index (κ1) is 13.9. The number of likely N-dealkylation sites (N-methyl/N-ethyl adjacent to an activating group) is 1. The summed E-state index contributed by atoms with van der Waals surface area (Å²) in [5.41, 5.74) is 2.72. The molecule has 0 spiro atoms. The van der Waals surface area contributed by atoms with Crippen LogP contribution >= 0.6 is 0 Å². The normalized spacial score (nSPS) is 31.6. The van der Waals surface area contributed by atoms with Crippen LogP contribution in [0.3, 0.4) is 0 Å². The molecule has 2 aromatic rings. The van der Waals surface area contributed by atoms with E-state index in [1.165, 1.54) is 30.4 Å². The summed E-state index contributed by atoms with van der Waals surface area (Å²) in [6, 6.07) is 10.2. The molecule has 2 bridgehead atoms. The van der Waals surface area contributed by atoms with E-state index in [0.717, 1.165) is 5.89 Å². The molecule has 2 saturated heterocycles. The van der Waals surface area contributed by atoms with E-state index in [9.17, 15) is 0 Å². The van der Waals surface area contributed by atoms with E-state index < -0.39 is 0 Å². The molecule has 22 heavy (non-hydrogen) atoms. The van der Waals surface area contributed by atoms with Gasteiger partial charge in [-0.1, -0.05) is 29.8 Å².